The SMILES string of the molecule is Cc1ccc(OCc2cccc(C(=O)NC3CCSCC3)c2)cn1. The van der Waals surface area contributed by atoms with Crippen molar-refractivity contribution in [3.8, 4) is 5.75 Å². The van der Waals surface area contributed by atoms with Crippen molar-refractivity contribution in [3.63, 3.8) is 0 Å². The van der Waals surface area contributed by atoms with E-state index in [9.17, 15) is 4.79 Å². The minimum Gasteiger partial charge on any atom is -0.487 e. The van der Waals surface area contributed by atoms with Crippen LogP contribution < -0.4 is 10.1 Å². The molecule has 1 fully saturated rings. The number of thioether (sulfide) groups is 1. The van der Waals surface area contributed by atoms with Crippen molar-refractivity contribution < 1.29 is 9.53 Å². The summed E-state index contributed by atoms with van der Waals surface area (Å²) in [5, 5.41) is 3.14. The molecule has 1 aliphatic heterocycles. The van der Waals surface area contributed by atoms with Gasteiger partial charge in [-0.1, -0.05) is 12.1 Å². The number of aryl methyl sites for hydroxylation is 1. The van der Waals surface area contributed by atoms with Crippen LogP contribution in [0.1, 0.15) is 34.5 Å². The molecule has 0 unspecified atom stereocenters. The predicted octanol–water partition coefficient (Wildman–Crippen LogP) is 3.59. The monoisotopic (exact) mass is 342 g/mol. The molecule has 5 heteroatoms. The molecule has 0 atom stereocenters. The normalized spacial score (nSPS) is 15.0. The molecule has 1 N–H and O–H groups in total. The van der Waals surface area contributed by atoms with Gasteiger partial charge in [0.1, 0.15) is 12.4 Å². The number of amides is 1. The Bertz CT molecular complexity index is 682. The summed E-state index contributed by atoms with van der Waals surface area (Å²) in [6.07, 6.45) is 3.83. The fraction of sp³-hybridized carbons (Fsp3) is 0.368. The highest BCUT2D eigenvalue weighted by Crippen LogP contribution is 2.18. The molecule has 0 radical (unpaired) electrons. The van der Waals surface area contributed by atoms with Crippen molar-refractivity contribution in [2.45, 2.75) is 32.4 Å². The third-order valence-electron chi connectivity index (χ3n) is 4.04. The first-order chi connectivity index (χ1) is 11.7. The second-order valence-corrected chi connectivity index (χ2v) is 7.21. The number of pyridine rings is 1. The molecule has 2 heterocycles. The first kappa shape index (κ1) is 16.8. The largest absolute Gasteiger partial charge is 0.487 e. The Morgan fingerprint density at radius 2 is 2.12 bits per heavy atom. The quantitative estimate of drug-likeness (QED) is 0.902. The summed E-state index contributed by atoms with van der Waals surface area (Å²) in [4.78, 5) is 16.6. The fourth-order valence-electron chi connectivity index (χ4n) is 2.62. The van der Waals surface area contributed by atoms with Crippen LogP contribution in [-0.4, -0.2) is 28.4 Å². The van der Waals surface area contributed by atoms with Gasteiger partial charge >= 0.3 is 0 Å². The summed E-state index contributed by atoms with van der Waals surface area (Å²) in [5.74, 6) is 2.99. The van der Waals surface area contributed by atoms with E-state index in [1.807, 2.05) is 55.1 Å². The van der Waals surface area contributed by atoms with Crippen molar-refractivity contribution in [2.75, 3.05) is 11.5 Å². The van der Waals surface area contributed by atoms with E-state index in [0.717, 1.165) is 41.4 Å². The van der Waals surface area contributed by atoms with E-state index in [2.05, 4.69) is 10.3 Å². The number of carbonyl (C=O) groups excluding carboxylic acids is 1. The van der Waals surface area contributed by atoms with Crippen LogP contribution in [-0.2, 0) is 6.61 Å². The van der Waals surface area contributed by atoms with Crippen molar-refractivity contribution in [1.82, 2.24) is 10.3 Å². The van der Waals surface area contributed by atoms with E-state index in [1.165, 1.54) is 0 Å². The first-order valence-corrected chi connectivity index (χ1v) is 9.39. The van der Waals surface area contributed by atoms with Crippen LogP contribution in [0, 0.1) is 6.92 Å². The van der Waals surface area contributed by atoms with Crippen molar-refractivity contribution >= 4 is 17.7 Å². The van der Waals surface area contributed by atoms with E-state index >= 15 is 0 Å². The first-order valence-electron chi connectivity index (χ1n) is 8.24. The zero-order chi connectivity index (χ0) is 16.8. The van der Waals surface area contributed by atoms with Crippen LogP contribution in [0.25, 0.3) is 0 Å². The maximum Gasteiger partial charge on any atom is 0.251 e. The minimum absolute atomic E-state index is 0.00533. The average molecular weight is 342 g/mol. The highest BCUT2D eigenvalue weighted by molar-refractivity contribution is 7.99. The van der Waals surface area contributed by atoms with Gasteiger partial charge in [-0.3, -0.25) is 9.78 Å². The zero-order valence-corrected chi connectivity index (χ0v) is 14.6. The molecule has 0 saturated carbocycles. The molecule has 1 aliphatic rings. The van der Waals surface area contributed by atoms with Gasteiger partial charge in [-0.25, -0.2) is 0 Å². The molecule has 1 aromatic heterocycles. The highest BCUT2D eigenvalue weighted by Gasteiger charge is 2.17. The zero-order valence-electron chi connectivity index (χ0n) is 13.8. The molecule has 0 spiro atoms. The Hall–Kier alpha value is -2.01. The fourth-order valence-corrected chi connectivity index (χ4v) is 3.73. The summed E-state index contributed by atoms with van der Waals surface area (Å²) in [7, 11) is 0. The Kier molecular flexibility index (Phi) is 5.75. The van der Waals surface area contributed by atoms with Gasteiger partial charge in [0.05, 0.1) is 6.20 Å². The highest BCUT2D eigenvalue weighted by atomic mass is 32.2. The molecule has 4 nitrogen and oxygen atoms in total. The van der Waals surface area contributed by atoms with Gasteiger partial charge in [0, 0.05) is 17.3 Å². The summed E-state index contributed by atoms with van der Waals surface area (Å²) in [6, 6.07) is 11.7. The number of hydrogen-bond acceptors (Lipinski definition) is 4. The molecule has 1 amide bonds. The maximum absolute atomic E-state index is 12.4. The number of ether oxygens (including phenoxy) is 1. The lowest BCUT2D eigenvalue weighted by atomic mass is 10.1. The molecule has 1 aromatic carbocycles. The Morgan fingerprint density at radius 3 is 2.88 bits per heavy atom. The molecule has 2 aromatic rings. The molecule has 0 bridgehead atoms. The van der Waals surface area contributed by atoms with Crippen molar-refractivity contribution in [3.05, 3.63) is 59.4 Å². The van der Waals surface area contributed by atoms with E-state index in [-0.39, 0.29) is 5.91 Å². The summed E-state index contributed by atoms with van der Waals surface area (Å²) in [5.41, 5.74) is 2.63. The smallest absolute Gasteiger partial charge is 0.251 e. The molecule has 1 saturated heterocycles. The number of rotatable bonds is 5. The lowest BCUT2D eigenvalue weighted by Gasteiger charge is -2.22. The van der Waals surface area contributed by atoms with Crippen LogP contribution >= 0.6 is 11.8 Å². The van der Waals surface area contributed by atoms with Gasteiger partial charge in [0.2, 0.25) is 0 Å². The van der Waals surface area contributed by atoms with Crippen LogP contribution in [0.15, 0.2) is 42.6 Å². The number of aromatic nitrogens is 1. The Labute approximate surface area is 147 Å². The molecule has 24 heavy (non-hydrogen) atoms. The van der Waals surface area contributed by atoms with E-state index in [4.69, 9.17) is 4.74 Å². The van der Waals surface area contributed by atoms with E-state index in [0.29, 0.717) is 18.2 Å². The molecular formula is C19H22N2O2S. The van der Waals surface area contributed by atoms with Crippen LogP contribution in [0.5, 0.6) is 5.75 Å². The molecule has 0 aliphatic carbocycles. The van der Waals surface area contributed by atoms with E-state index in [1.54, 1.807) is 6.20 Å². The third kappa shape index (κ3) is 4.74. The summed E-state index contributed by atoms with van der Waals surface area (Å²) in [6.45, 7) is 2.36. The molecule has 3 rings (SSSR count). The third-order valence-corrected chi connectivity index (χ3v) is 5.08. The van der Waals surface area contributed by atoms with Gasteiger partial charge in [0.25, 0.3) is 5.91 Å². The van der Waals surface area contributed by atoms with E-state index < -0.39 is 0 Å². The average Bonchev–Trinajstić information content (AvgIpc) is 2.62. The summed E-state index contributed by atoms with van der Waals surface area (Å²) >= 11 is 1.96. The van der Waals surface area contributed by atoms with Crippen molar-refractivity contribution in [1.29, 1.82) is 0 Å². The molecular weight excluding hydrogens is 320 g/mol. The van der Waals surface area contributed by atoms with Crippen LogP contribution in [0.2, 0.25) is 0 Å². The lowest BCUT2D eigenvalue weighted by Crippen LogP contribution is -2.37. The number of nitrogens with one attached hydrogen (secondary N) is 1. The van der Waals surface area contributed by atoms with Gasteiger partial charge in [-0.05, 0) is 61.1 Å². The van der Waals surface area contributed by atoms with Gasteiger partial charge in [-0.15, -0.1) is 0 Å². The van der Waals surface area contributed by atoms with Crippen LogP contribution in [0.3, 0.4) is 0 Å². The predicted molar refractivity (Wildman–Crippen MR) is 97.6 cm³/mol. The number of hydrogen-bond donors (Lipinski definition) is 1. The number of benzene rings is 1. The van der Waals surface area contributed by atoms with Gasteiger partial charge in [0.15, 0.2) is 0 Å². The minimum atomic E-state index is 0.00533. The standard InChI is InChI=1S/C19H22N2O2S/c1-14-5-6-18(12-20-14)23-13-15-3-2-4-16(11-15)19(22)21-17-7-9-24-10-8-17/h2-6,11-12,17H,7-10,13H2,1H3,(H,21,22). The second-order valence-electron chi connectivity index (χ2n) is 5.98. The van der Waals surface area contributed by atoms with Crippen molar-refractivity contribution in [2.24, 2.45) is 0 Å². The summed E-state index contributed by atoms with van der Waals surface area (Å²) < 4.78 is 5.73. The maximum atomic E-state index is 12.4. The Balaban J connectivity index is 1.58. The van der Waals surface area contributed by atoms with Gasteiger partial charge in [-0.2, -0.15) is 11.8 Å². The van der Waals surface area contributed by atoms with Gasteiger partial charge < -0.3 is 10.1 Å². The second kappa shape index (κ2) is 8.20. The van der Waals surface area contributed by atoms with Crippen LogP contribution in [0.4, 0.5) is 0 Å². The lowest BCUT2D eigenvalue weighted by molar-refractivity contribution is 0.0934. The molecule has 126 valence electrons. The Morgan fingerprint density at radius 1 is 1.29 bits per heavy atom. The number of nitrogens with zero attached hydrogens (tertiary/aromatic N) is 1. The number of carbonyl (C=O) groups is 1. The topological polar surface area (TPSA) is 51.2 Å².